The monoisotopic (exact) mass is 307 g/mol. The molecule has 0 spiro atoms. The smallest absolute Gasteiger partial charge is 0.307 e. The number of aromatic nitrogens is 1. The number of aryl methyl sites for hydroxylation is 1. The van der Waals surface area contributed by atoms with Crippen molar-refractivity contribution < 1.29 is 4.79 Å². The van der Waals surface area contributed by atoms with E-state index in [1.807, 2.05) is 25.7 Å². The zero-order valence-corrected chi connectivity index (χ0v) is 13.9. The number of urea groups is 1. The molecule has 0 atom stereocenters. The molecule has 2 aromatic rings. The lowest BCUT2D eigenvalue weighted by Crippen LogP contribution is -2.50. The minimum Gasteiger partial charge on any atom is -0.307 e. The molecule has 2 heterocycles. The summed E-state index contributed by atoms with van der Waals surface area (Å²) in [6, 6.07) is 9.66. The minimum absolute atomic E-state index is 0.142. The second-order valence-corrected chi connectivity index (χ2v) is 6.50. The van der Waals surface area contributed by atoms with Gasteiger partial charge in [-0.1, -0.05) is 18.2 Å². The van der Waals surface area contributed by atoms with Gasteiger partial charge in [-0.15, -0.1) is 0 Å². The second-order valence-electron chi connectivity index (χ2n) is 6.50. The molecule has 0 fully saturated rings. The molecule has 1 aliphatic rings. The normalized spacial score (nSPS) is 15.7. The lowest BCUT2D eigenvalue weighted by atomic mass is 9.88. The first-order valence-electron chi connectivity index (χ1n) is 7.70. The standard InChI is InChI=1S/C19H21N3O/c1-13-5-6-16-14(2)12-19(3,4)22(17(16)11-13)18(23)21-15-7-9-20-10-8-15/h5-12H,1-4H3,(H,20,21,23). The van der Waals surface area contributed by atoms with Gasteiger partial charge in [0.25, 0.3) is 0 Å². The lowest BCUT2D eigenvalue weighted by Gasteiger charge is -2.41. The van der Waals surface area contributed by atoms with Crippen molar-refractivity contribution in [3.63, 3.8) is 0 Å². The molecular formula is C19H21N3O. The number of rotatable bonds is 1. The van der Waals surface area contributed by atoms with Gasteiger partial charge < -0.3 is 5.32 Å². The van der Waals surface area contributed by atoms with E-state index in [-0.39, 0.29) is 6.03 Å². The highest BCUT2D eigenvalue weighted by atomic mass is 16.2. The van der Waals surface area contributed by atoms with Crippen molar-refractivity contribution in [3.8, 4) is 0 Å². The summed E-state index contributed by atoms with van der Waals surface area (Å²) >= 11 is 0. The van der Waals surface area contributed by atoms with Gasteiger partial charge in [0.2, 0.25) is 0 Å². The van der Waals surface area contributed by atoms with E-state index in [9.17, 15) is 4.79 Å². The number of hydrogen-bond donors (Lipinski definition) is 1. The average Bonchev–Trinajstić information content (AvgIpc) is 2.46. The van der Waals surface area contributed by atoms with E-state index >= 15 is 0 Å². The second kappa shape index (κ2) is 5.54. The van der Waals surface area contributed by atoms with Crippen molar-refractivity contribution in [3.05, 3.63) is 59.9 Å². The molecule has 0 saturated heterocycles. The van der Waals surface area contributed by atoms with Gasteiger partial charge in [0.1, 0.15) is 0 Å². The Morgan fingerprint density at radius 1 is 1.13 bits per heavy atom. The summed E-state index contributed by atoms with van der Waals surface area (Å²) in [6.45, 7) is 8.23. The van der Waals surface area contributed by atoms with Gasteiger partial charge in [-0.25, -0.2) is 4.79 Å². The van der Waals surface area contributed by atoms with Crippen molar-refractivity contribution in [2.75, 3.05) is 10.2 Å². The maximum atomic E-state index is 12.9. The number of hydrogen-bond acceptors (Lipinski definition) is 2. The highest BCUT2D eigenvalue weighted by molar-refractivity contribution is 6.06. The van der Waals surface area contributed by atoms with E-state index in [0.717, 1.165) is 22.5 Å². The van der Waals surface area contributed by atoms with Crippen LogP contribution in [-0.4, -0.2) is 16.6 Å². The van der Waals surface area contributed by atoms with Crippen LogP contribution in [-0.2, 0) is 0 Å². The number of pyridine rings is 1. The molecule has 2 amide bonds. The minimum atomic E-state index is -0.401. The van der Waals surface area contributed by atoms with E-state index < -0.39 is 5.54 Å². The Morgan fingerprint density at radius 2 is 1.83 bits per heavy atom. The van der Waals surface area contributed by atoms with Gasteiger partial charge in [-0.2, -0.15) is 0 Å². The number of nitrogens with zero attached hydrogens (tertiary/aromatic N) is 2. The summed E-state index contributed by atoms with van der Waals surface area (Å²) in [5.41, 5.74) is 4.71. The first-order chi connectivity index (χ1) is 10.9. The summed E-state index contributed by atoms with van der Waals surface area (Å²) in [5.74, 6) is 0. The fourth-order valence-corrected chi connectivity index (χ4v) is 3.13. The molecule has 0 radical (unpaired) electrons. The van der Waals surface area contributed by atoms with E-state index in [1.165, 1.54) is 5.57 Å². The molecular weight excluding hydrogens is 286 g/mol. The number of carbonyl (C=O) groups is 1. The maximum Gasteiger partial charge on any atom is 0.327 e. The predicted octanol–water partition coefficient (Wildman–Crippen LogP) is 4.62. The number of anilines is 2. The van der Waals surface area contributed by atoms with E-state index in [0.29, 0.717) is 0 Å². The Morgan fingerprint density at radius 3 is 2.52 bits per heavy atom. The third-order valence-corrected chi connectivity index (χ3v) is 4.10. The maximum absolute atomic E-state index is 12.9. The number of fused-ring (bicyclic) bond motifs is 1. The fourth-order valence-electron chi connectivity index (χ4n) is 3.13. The molecule has 118 valence electrons. The Labute approximate surface area is 136 Å². The predicted molar refractivity (Wildman–Crippen MR) is 94.6 cm³/mol. The summed E-state index contributed by atoms with van der Waals surface area (Å²) in [5, 5.41) is 2.96. The first kappa shape index (κ1) is 15.3. The topological polar surface area (TPSA) is 45.2 Å². The summed E-state index contributed by atoms with van der Waals surface area (Å²) in [6.07, 6.45) is 5.47. The van der Waals surface area contributed by atoms with Crippen molar-refractivity contribution in [1.29, 1.82) is 0 Å². The number of benzene rings is 1. The summed E-state index contributed by atoms with van der Waals surface area (Å²) < 4.78 is 0. The lowest BCUT2D eigenvalue weighted by molar-refractivity contribution is 0.253. The Balaban J connectivity index is 2.03. The molecule has 3 rings (SSSR count). The van der Waals surface area contributed by atoms with Crippen LogP contribution in [0.2, 0.25) is 0 Å². The van der Waals surface area contributed by atoms with E-state index in [4.69, 9.17) is 0 Å². The van der Waals surface area contributed by atoms with Crippen molar-refractivity contribution in [2.45, 2.75) is 33.2 Å². The van der Waals surface area contributed by atoms with Crippen LogP contribution in [0.1, 0.15) is 31.9 Å². The fraction of sp³-hybridized carbons (Fsp3) is 0.263. The van der Waals surface area contributed by atoms with Crippen LogP contribution < -0.4 is 10.2 Å². The van der Waals surface area contributed by atoms with Gasteiger partial charge in [0.05, 0.1) is 11.2 Å². The largest absolute Gasteiger partial charge is 0.327 e. The van der Waals surface area contributed by atoms with Crippen LogP contribution in [0.3, 0.4) is 0 Å². The van der Waals surface area contributed by atoms with Crippen molar-refractivity contribution in [2.24, 2.45) is 0 Å². The molecule has 4 nitrogen and oxygen atoms in total. The van der Waals surface area contributed by atoms with Crippen LogP contribution in [0.4, 0.5) is 16.2 Å². The third kappa shape index (κ3) is 2.84. The average molecular weight is 307 g/mol. The highest BCUT2D eigenvalue weighted by Gasteiger charge is 2.35. The SMILES string of the molecule is CC1=CC(C)(C)N(C(=O)Nc2ccncc2)c2cc(C)ccc21. The molecule has 0 bridgehead atoms. The molecule has 1 aromatic carbocycles. The molecule has 0 aliphatic carbocycles. The van der Waals surface area contributed by atoms with Crippen LogP contribution in [0.5, 0.6) is 0 Å². The van der Waals surface area contributed by atoms with Crippen LogP contribution >= 0.6 is 0 Å². The Bertz CT molecular complexity index is 778. The van der Waals surface area contributed by atoms with Crippen LogP contribution in [0, 0.1) is 6.92 Å². The van der Waals surface area contributed by atoms with Gasteiger partial charge >= 0.3 is 6.03 Å². The van der Waals surface area contributed by atoms with Crippen molar-refractivity contribution in [1.82, 2.24) is 4.98 Å². The van der Waals surface area contributed by atoms with Crippen LogP contribution in [0.25, 0.3) is 5.57 Å². The number of amides is 2. The number of carbonyl (C=O) groups excluding carboxylic acids is 1. The molecule has 1 N–H and O–H groups in total. The van der Waals surface area contributed by atoms with Gasteiger partial charge in [0, 0.05) is 23.6 Å². The molecule has 1 aromatic heterocycles. The Hall–Kier alpha value is -2.62. The highest BCUT2D eigenvalue weighted by Crippen LogP contribution is 2.39. The molecule has 1 aliphatic heterocycles. The zero-order valence-electron chi connectivity index (χ0n) is 13.9. The molecule has 23 heavy (non-hydrogen) atoms. The van der Waals surface area contributed by atoms with Crippen molar-refractivity contribution >= 4 is 23.0 Å². The molecule has 0 unspecified atom stereocenters. The van der Waals surface area contributed by atoms with Gasteiger partial charge in [-0.05, 0) is 57.0 Å². The first-order valence-corrected chi connectivity index (χ1v) is 7.70. The zero-order chi connectivity index (χ0) is 16.6. The molecule has 4 heteroatoms. The Kier molecular flexibility index (Phi) is 3.68. The number of nitrogens with one attached hydrogen (secondary N) is 1. The van der Waals surface area contributed by atoms with Gasteiger partial charge in [0.15, 0.2) is 0 Å². The van der Waals surface area contributed by atoms with Gasteiger partial charge in [-0.3, -0.25) is 9.88 Å². The summed E-state index contributed by atoms with van der Waals surface area (Å²) in [4.78, 5) is 18.7. The van der Waals surface area contributed by atoms with E-state index in [2.05, 4.69) is 41.5 Å². The quantitative estimate of drug-likeness (QED) is 0.835. The third-order valence-electron chi connectivity index (χ3n) is 4.10. The van der Waals surface area contributed by atoms with E-state index in [1.54, 1.807) is 24.5 Å². The number of allylic oxidation sites excluding steroid dienone is 1. The molecule has 0 saturated carbocycles. The summed E-state index contributed by atoms with van der Waals surface area (Å²) in [7, 11) is 0. The van der Waals surface area contributed by atoms with Crippen LogP contribution in [0.15, 0.2) is 48.8 Å².